The smallest absolute Gasteiger partial charge is 0.252 e. The highest BCUT2D eigenvalue weighted by Gasteiger charge is 2.47. The van der Waals surface area contributed by atoms with Crippen LogP contribution in [0.25, 0.3) is 22.1 Å². The third kappa shape index (κ3) is 4.65. The molecule has 5 aromatic rings. The lowest BCUT2D eigenvalue weighted by Crippen LogP contribution is -2.35. The molecule has 1 fully saturated rings. The van der Waals surface area contributed by atoms with E-state index in [-0.39, 0.29) is 11.7 Å². The number of hydrogen-bond donors (Lipinski definition) is 2. The molecule has 3 N–H and O–H groups in total. The molecule has 0 spiro atoms. The van der Waals surface area contributed by atoms with Gasteiger partial charge in [0, 0.05) is 23.6 Å². The molecular formula is C31H25FN4O3. The molecule has 2 heterocycles. The lowest BCUT2D eigenvalue weighted by Gasteiger charge is -2.17. The summed E-state index contributed by atoms with van der Waals surface area (Å²) in [4.78, 5) is 34.1. The number of amides is 2. The van der Waals surface area contributed by atoms with Crippen LogP contribution >= 0.6 is 0 Å². The Morgan fingerprint density at radius 2 is 1.85 bits per heavy atom. The van der Waals surface area contributed by atoms with Crippen LogP contribution in [0.5, 0.6) is 0 Å². The SMILES string of the molecule is Cc1ccc(C(=O)NC2(c3ccncn3)CC2)cc1-c1ccc2oc(Cc3ccc(F)cc3)c(C(N)=O)c2c1. The summed E-state index contributed by atoms with van der Waals surface area (Å²) in [5.74, 6) is -0.704. The average molecular weight is 521 g/mol. The maximum Gasteiger partial charge on any atom is 0.252 e. The summed E-state index contributed by atoms with van der Waals surface area (Å²) in [5, 5.41) is 3.74. The second-order valence-corrected chi connectivity index (χ2v) is 9.94. The first-order chi connectivity index (χ1) is 18.8. The van der Waals surface area contributed by atoms with Gasteiger partial charge in [0.15, 0.2) is 0 Å². The largest absolute Gasteiger partial charge is 0.460 e. The standard InChI is InChI=1S/C31H25FN4O3/c1-18-2-5-21(30(38)36-31(11-12-31)27-10-13-34-17-35-27)16-23(18)20-6-9-25-24(15-20)28(29(33)37)26(39-25)14-19-3-7-22(32)8-4-19/h2-10,13,15-17H,11-12,14H2,1H3,(H2,33,37)(H,36,38). The van der Waals surface area contributed by atoms with Crippen LogP contribution in [0.2, 0.25) is 0 Å². The third-order valence-electron chi connectivity index (χ3n) is 7.27. The number of carbonyl (C=O) groups is 2. The Morgan fingerprint density at radius 1 is 1.05 bits per heavy atom. The number of nitrogens with two attached hydrogens (primary N) is 1. The highest BCUT2D eigenvalue weighted by Crippen LogP contribution is 2.44. The highest BCUT2D eigenvalue weighted by molar-refractivity contribution is 6.07. The molecule has 0 saturated heterocycles. The van der Waals surface area contributed by atoms with Crippen LogP contribution in [-0.2, 0) is 12.0 Å². The van der Waals surface area contributed by atoms with Gasteiger partial charge in [-0.25, -0.2) is 14.4 Å². The Morgan fingerprint density at radius 3 is 2.54 bits per heavy atom. The Labute approximate surface area is 223 Å². The molecule has 2 amide bonds. The number of primary amides is 1. The molecule has 7 nitrogen and oxygen atoms in total. The predicted octanol–water partition coefficient (Wildman–Crippen LogP) is 5.45. The van der Waals surface area contributed by atoms with Crippen LogP contribution in [0.1, 0.15) is 56.1 Å². The lowest BCUT2D eigenvalue weighted by molar-refractivity contribution is 0.0928. The van der Waals surface area contributed by atoms with Gasteiger partial charge >= 0.3 is 0 Å². The number of halogens is 1. The maximum absolute atomic E-state index is 13.4. The van der Waals surface area contributed by atoms with Crippen molar-refractivity contribution in [3.63, 3.8) is 0 Å². The Kier molecular flexibility index (Phi) is 5.95. The van der Waals surface area contributed by atoms with E-state index in [1.165, 1.54) is 18.5 Å². The van der Waals surface area contributed by atoms with Crippen LogP contribution < -0.4 is 11.1 Å². The van der Waals surface area contributed by atoms with E-state index in [0.29, 0.717) is 34.3 Å². The van der Waals surface area contributed by atoms with Gasteiger partial charge in [-0.1, -0.05) is 24.3 Å². The molecule has 3 aromatic carbocycles. The topological polar surface area (TPSA) is 111 Å². The minimum absolute atomic E-state index is 0.184. The average Bonchev–Trinajstić information content (AvgIpc) is 3.62. The van der Waals surface area contributed by atoms with Crippen molar-refractivity contribution in [2.24, 2.45) is 5.73 Å². The van der Waals surface area contributed by atoms with Crippen molar-refractivity contribution in [1.82, 2.24) is 15.3 Å². The molecule has 39 heavy (non-hydrogen) atoms. The van der Waals surface area contributed by atoms with Gasteiger partial charge < -0.3 is 15.5 Å². The van der Waals surface area contributed by atoms with E-state index in [4.69, 9.17) is 10.2 Å². The van der Waals surface area contributed by atoms with Gasteiger partial charge in [-0.05, 0) is 84.5 Å². The van der Waals surface area contributed by atoms with E-state index in [9.17, 15) is 14.0 Å². The molecule has 194 valence electrons. The summed E-state index contributed by atoms with van der Waals surface area (Å²) < 4.78 is 19.4. The molecule has 1 aliphatic carbocycles. The zero-order valence-corrected chi connectivity index (χ0v) is 21.2. The number of furan rings is 1. The molecule has 0 bridgehead atoms. The van der Waals surface area contributed by atoms with Crippen LogP contribution in [0.4, 0.5) is 4.39 Å². The molecule has 2 aromatic heterocycles. The van der Waals surface area contributed by atoms with Gasteiger partial charge in [0.05, 0.1) is 16.8 Å². The second kappa shape index (κ2) is 9.47. The number of nitrogens with zero attached hydrogens (tertiary/aromatic N) is 2. The predicted molar refractivity (Wildman–Crippen MR) is 145 cm³/mol. The number of hydrogen-bond acceptors (Lipinski definition) is 5. The Balaban J connectivity index is 1.34. The molecule has 1 aliphatic rings. The first kappa shape index (κ1) is 24.5. The first-order valence-corrected chi connectivity index (χ1v) is 12.6. The van der Waals surface area contributed by atoms with Gasteiger partial charge in [0.1, 0.15) is 23.5 Å². The molecule has 6 rings (SSSR count). The monoisotopic (exact) mass is 520 g/mol. The normalized spacial score (nSPS) is 13.8. The van der Waals surface area contributed by atoms with Crippen molar-refractivity contribution in [2.75, 3.05) is 0 Å². The lowest BCUT2D eigenvalue weighted by atomic mass is 9.95. The summed E-state index contributed by atoms with van der Waals surface area (Å²) in [6.45, 7) is 1.97. The maximum atomic E-state index is 13.4. The van der Waals surface area contributed by atoms with Crippen LogP contribution in [0, 0.1) is 12.7 Å². The van der Waals surface area contributed by atoms with E-state index in [1.807, 2.05) is 37.3 Å². The Bertz CT molecular complexity index is 1720. The van der Waals surface area contributed by atoms with E-state index in [2.05, 4.69) is 15.3 Å². The third-order valence-corrected chi connectivity index (χ3v) is 7.27. The molecule has 0 aliphatic heterocycles. The number of fused-ring (bicyclic) bond motifs is 1. The molecule has 0 radical (unpaired) electrons. The van der Waals surface area contributed by atoms with Gasteiger partial charge in [-0.2, -0.15) is 0 Å². The van der Waals surface area contributed by atoms with Crippen LogP contribution in [-0.4, -0.2) is 21.8 Å². The highest BCUT2D eigenvalue weighted by atomic mass is 19.1. The van der Waals surface area contributed by atoms with Crippen LogP contribution in [0.3, 0.4) is 0 Å². The van der Waals surface area contributed by atoms with E-state index >= 15 is 0 Å². The van der Waals surface area contributed by atoms with E-state index in [0.717, 1.165) is 40.8 Å². The van der Waals surface area contributed by atoms with Crippen molar-refractivity contribution < 1.29 is 18.4 Å². The number of aryl methyl sites for hydroxylation is 1. The van der Waals surface area contributed by atoms with E-state index in [1.54, 1.807) is 30.5 Å². The minimum Gasteiger partial charge on any atom is -0.460 e. The summed E-state index contributed by atoms with van der Waals surface area (Å²) in [5.41, 5.74) is 10.9. The van der Waals surface area contributed by atoms with Gasteiger partial charge in [0.2, 0.25) is 0 Å². The summed E-state index contributed by atoms with van der Waals surface area (Å²) in [6.07, 6.45) is 5.10. The van der Waals surface area contributed by atoms with Crippen LogP contribution in [0.15, 0.2) is 83.7 Å². The van der Waals surface area contributed by atoms with Crippen molar-refractivity contribution in [1.29, 1.82) is 0 Å². The minimum atomic E-state index is -0.604. The number of benzene rings is 3. The van der Waals surface area contributed by atoms with Crippen molar-refractivity contribution in [3.05, 3.63) is 119 Å². The number of nitrogens with one attached hydrogen (secondary N) is 1. The zero-order chi connectivity index (χ0) is 27.1. The Hall–Kier alpha value is -4.85. The molecule has 8 heteroatoms. The summed E-state index contributed by atoms with van der Waals surface area (Å²) in [6, 6.07) is 19.0. The molecule has 0 atom stereocenters. The quantitative estimate of drug-likeness (QED) is 0.297. The van der Waals surface area contributed by atoms with Gasteiger partial charge in [-0.3, -0.25) is 9.59 Å². The zero-order valence-electron chi connectivity index (χ0n) is 21.2. The fourth-order valence-electron chi connectivity index (χ4n) is 5.01. The van der Waals surface area contributed by atoms with Crippen molar-refractivity contribution >= 4 is 22.8 Å². The molecule has 0 unspecified atom stereocenters. The summed E-state index contributed by atoms with van der Waals surface area (Å²) in [7, 11) is 0. The van der Waals surface area contributed by atoms with Crippen molar-refractivity contribution in [3.8, 4) is 11.1 Å². The summed E-state index contributed by atoms with van der Waals surface area (Å²) >= 11 is 0. The van der Waals surface area contributed by atoms with Crippen molar-refractivity contribution in [2.45, 2.75) is 31.7 Å². The molecular weight excluding hydrogens is 495 g/mol. The fourth-order valence-corrected chi connectivity index (χ4v) is 5.01. The van der Waals surface area contributed by atoms with E-state index < -0.39 is 11.4 Å². The number of aromatic nitrogens is 2. The van der Waals surface area contributed by atoms with Gasteiger partial charge in [-0.15, -0.1) is 0 Å². The first-order valence-electron chi connectivity index (χ1n) is 12.6. The fraction of sp³-hybridized carbons (Fsp3) is 0.161. The second-order valence-electron chi connectivity index (χ2n) is 9.94. The van der Waals surface area contributed by atoms with Gasteiger partial charge in [0.25, 0.3) is 11.8 Å². The molecule has 1 saturated carbocycles. The number of rotatable bonds is 7. The number of carbonyl (C=O) groups excluding carboxylic acids is 2.